The molecule has 5 heteroatoms. The van der Waals surface area contributed by atoms with Crippen LogP contribution in [-0.4, -0.2) is 11.2 Å². The van der Waals surface area contributed by atoms with Crippen molar-refractivity contribution in [1.82, 2.24) is 5.43 Å². The van der Waals surface area contributed by atoms with Crippen molar-refractivity contribution in [3.8, 4) is 0 Å². The molecule has 1 fully saturated rings. The Morgan fingerprint density at radius 1 is 1.30 bits per heavy atom. The van der Waals surface area contributed by atoms with Crippen molar-refractivity contribution in [1.29, 1.82) is 0 Å². The zero-order valence-corrected chi connectivity index (χ0v) is 15.5. The van der Waals surface area contributed by atoms with E-state index in [1.807, 2.05) is 12.1 Å². The number of rotatable bonds is 3. The van der Waals surface area contributed by atoms with E-state index in [0.717, 1.165) is 20.9 Å². The molecule has 20 heavy (non-hydrogen) atoms. The first-order chi connectivity index (χ1) is 9.16. The minimum absolute atomic E-state index is 0.0502. The highest BCUT2D eigenvalue weighted by molar-refractivity contribution is 9.11. The van der Waals surface area contributed by atoms with Crippen LogP contribution < -0.4 is 11.3 Å². The summed E-state index contributed by atoms with van der Waals surface area (Å²) in [5, 5.41) is 0. The summed E-state index contributed by atoms with van der Waals surface area (Å²) >= 11 is 7.12. The molecule has 112 valence electrons. The van der Waals surface area contributed by atoms with Crippen molar-refractivity contribution in [3.05, 3.63) is 32.7 Å². The van der Waals surface area contributed by atoms with Crippen LogP contribution in [0.5, 0.6) is 0 Å². The Bertz CT molecular complexity index is 503. The molecule has 1 heterocycles. The van der Waals surface area contributed by atoms with E-state index < -0.39 is 0 Å². The van der Waals surface area contributed by atoms with Gasteiger partial charge in [-0.3, -0.25) is 11.3 Å². The zero-order chi connectivity index (χ0) is 15.1. The number of nitrogens with one attached hydrogen (secondary N) is 1. The van der Waals surface area contributed by atoms with Crippen molar-refractivity contribution < 1.29 is 4.74 Å². The molecular weight excluding hydrogens is 384 g/mol. The molecule has 0 saturated carbocycles. The van der Waals surface area contributed by atoms with Gasteiger partial charge in [-0.2, -0.15) is 0 Å². The van der Waals surface area contributed by atoms with Crippen LogP contribution >= 0.6 is 31.9 Å². The number of halogens is 2. The molecule has 3 N–H and O–H groups in total. The topological polar surface area (TPSA) is 47.3 Å². The third-order valence-corrected chi connectivity index (χ3v) is 5.20. The molecule has 2 unspecified atom stereocenters. The lowest BCUT2D eigenvalue weighted by atomic mass is 9.79. The van der Waals surface area contributed by atoms with Crippen molar-refractivity contribution in [2.24, 2.45) is 11.8 Å². The van der Waals surface area contributed by atoms with Crippen molar-refractivity contribution in [2.75, 3.05) is 0 Å². The fourth-order valence-electron chi connectivity index (χ4n) is 3.30. The van der Waals surface area contributed by atoms with Crippen LogP contribution in [0.25, 0.3) is 0 Å². The largest absolute Gasteiger partial charge is 0.369 e. The Kier molecular flexibility index (Phi) is 4.67. The molecular formula is C15H22Br2N2O. The Balaban J connectivity index is 2.37. The second kappa shape index (κ2) is 5.69. The average Bonchev–Trinajstić information content (AvgIpc) is 2.51. The summed E-state index contributed by atoms with van der Waals surface area (Å²) in [6.45, 7) is 8.56. The van der Waals surface area contributed by atoms with Crippen LogP contribution in [0.2, 0.25) is 0 Å². The van der Waals surface area contributed by atoms with Crippen molar-refractivity contribution in [3.63, 3.8) is 0 Å². The first kappa shape index (κ1) is 16.4. The maximum Gasteiger partial charge on any atom is 0.0681 e. The summed E-state index contributed by atoms with van der Waals surface area (Å²) in [7, 11) is 0. The van der Waals surface area contributed by atoms with E-state index in [1.54, 1.807) is 0 Å². The molecule has 1 aromatic rings. The molecule has 2 atom stereocenters. The predicted molar refractivity (Wildman–Crippen MR) is 89.3 cm³/mol. The van der Waals surface area contributed by atoms with Crippen LogP contribution in [0, 0.1) is 5.92 Å². The van der Waals surface area contributed by atoms with Gasteiger partial charge in [0.2, 0.25) is 0 Å². The van der Waals surface area contributed by atoms with E-state index in [2.05, 4.69) is 71.0 Å². The standard InChI is InChI=1S/C15H22Br2N2O/c1-14(2)8-11(15(3,4)20-14)13(19-18)10-6-5-9(16)7-12(10)17/h5-7,11,13,19H,8,18H2,1-4H3. The van der Waals surface area contributed by atoms with Gasteiger partial charge in [-0.1, -0.05) is 37.9 Å². The lowest BCUT2D eigenvalue weighted by molar-refractivity contribution is -0.0779. The highest BCUT2D eigenvalue weighted by Crippen LogP contribution is 2.48. The van der Waals surface area contributed by atoms with Gasteiger partial charge in [0.25, 0.3) is 0 Å². The summed E-state index contributed by atoms with van der Waals surface area (Å²) < 4.78 is 8.30. The highest BCUT2D eigenvalue weighted by Gasteiger charge is 2.49. The third kappa shape index (κ3) is 3.28. The molecule has 2 rings (SSSR count). The molecule has 1 aliphatic rings. The molecule has 0 bridgehead atoms. The molecule has 3 nitrogen and oxygen atoms in total. The number of ether oxygens (including phenoxy) is 1. The van der Waals surface area contributed by atoms with Gasteiger partial charge >= 0.3 is 0 Å². The van der Waals surface area contributed by atoms with Crippen LogP contribution in [-0.2, 0) is 4.74 Å². The van der Waals surface area contributed by atoms with Crippen molar-refractivity contribution in [2.45, 2.75) is 51.4 Å². The molecule has 1 aromatic carbocycles. The van der Waals surface area contributed by atoms with Crippen LogP contribution in [0.4, 0.5) is 0 Å². The summed E-state index contributed by atoms with van der Waals surface area (Å²) in [5.41, 5.74) is 3.82. The number of nitrogens with two attached hydrogens (primary N) is 1. The van der Waals surface area contributed by atoms with Gasteiger partial charge in [0.1, 0.15) is 0 Å². The van der Waals surface area contributed by atoms with E-state index >= 15 is 0 Å². The van der Waals surface area contributed by atoms with Crippen LogP contribution in [0.3, 0.4) is 0 Å². The van der Waals surface area contributed by atoms with Gasteiger partial charge in [-0.25, -0.2) is 0 Å². The maximum absolute atomic E-state index is 6.20. The lowest BCUT2D eigenvalue weighted by Gasteiger charge is -2.33. The Morgan fingerprint density at radius 2 is 1.95 bits per heavy atom. The smallest absolute Gasteiger partial charge is 0.0681 e. The van der Waals surface area contributed by atoms with E-state index in [4.69, 9.17) is 10.6 Å². The number of benzene rings is 1. The van der Waals surface area contributed by atoms with Crippen LogP contribution in [0.1, 0.15) is 45.7 Å². The molecule has 0 aromatic heterocycles. The number of hydrogen-bond acceptors (Lipinski definition) is 3. The SMILES string of the molecule is CC1(C)CC(C(NN)c2ccc(Br)cc2Br)C(C)(C)O1. The molecule has 1 saturated heterocycles. The quantitative estimate of drug-likeness (QED) is 0.581. The predicted octanol–water partition coefficient (Wildman–Crippen LogP) is 4.31. The second-order valence-corrected chi connectivity index (χ2v) is 8.36. The van der Waals surface area contributed by atoms with Gasteiger partial charge in [0.15, 0.2) is 0 Å². The van der Waals surface area contributed by atoms with Crippen LogP contribution in [0.15, 0.2) is 27.1 Å². The molecule has 0 amide bonds. The first-order valence-electron chi connectivity index (χ1n) is 6.77. The van der Waals surface area contributed by atoms with Gasteiger partial charge in [0.05, 0.1) is 17.2 Å². The second-order valence-electron chi connectivity index (χ2n) is 6.59. The Morgan fingerprint density at radius 3 is 2.40 bits per heavy atom. The summed E-state index contributed by atoms with van der Waals surface area (Å²) in [4.78, 5) is 0. The van der Waals surface area contributed by atoms with Gasteiger partial charge in [-0.05, 0) is 51.8 Å². The molecule has 0 radical (unpaired) electrons. The summed E-state index contributed by atoms with van der Waals surface area (Å²) in [5.74, 6) is 6.17. The Hall–Kier alpha value is 0.0600. The van der Waals surface area contributed by atoms with E-state index in [9.17, 15) is 0 Å². The Labute approximate surface area is 137 Å². The molecule has 0 spiro atoms. The molecule has 0 aliphatic carbocycles. The fraction of sp³-hybridized carbons (Fsp3) is 0.600. The monoisotopic (exact) mass is 404 g/mol. The normalized spacial score (nSPS) is 25.6. The maximum atomic E-state index is 6.20. The number of hydrazine groups is 1. The number of hydrogen-bond donors (Lipinski definition) is 2. The minimum atomic E-state index is -0.215. The zero-order valence-electron chi connectivity index (χ0n) is 12.3. The summed E-state index contributed by atoms with van der Waals surface area (Å²) in [6.07, 6.45) is 0.970. The van der Waals surface area contributed by atoms with Gasteiger partial charge < -0.3 is 4.74 Å². The van der Waals surface area contributed by atoms with Gasteiger partial charge in [-0.15, -0.1) is 0 Å². The van der Waals surface area contributed by atoms with E-state index in [1.165, 1.54) is 0 Å². The lowest BCUT2D eigenvalue weighted by Crippen LogP contribution is -2.41. The first-order valence-corrected chi connectivity index (χ1v) is 8.36. The molecule has 1 aliphatic heterocycles. The average molecular weight is 406 g/mol. The van der Waals surface area contributed by atoms with E-state index in [0.29, 0.717) is 5.92 Å². The summed E-state index contributed by atoms with van der Waals surface area (Å²) in [6, 6.07) is 6.24. The third-order valence-electron chi connectivity index (χ3n) is 4.02. The minimum Gasteiger partial charge on any atom is -0.369 e. The van der Waals surface area contributed by atoms with E-state index in [-0.39, 0.29) is 17.2 Å². The van der Waals surface area contributed by atoms with Gasteiger partial charge in [0, 0.05) is 14.9 Å². The van der Waals surface area contributed by atoms with Crippen molar-refractivity contribution >= 4 is 31.9 Å². The fourth-order valence-corrected chi connectivity index (χ4v) is 4.59. The highest BCUT2D eigenvalue weighted by atomic mass is 79.9.